The van der Waals surface area contributed by atoms with Gasteiger partial charge in [-0.2, -0.15) is 0 Å². The molecule has 4 amide bonds. The zero-order chi connectivity index (χ0) is 23.3. The summed E-state index contributed by atoms with van der Waals surface area (Å²) in [6, 6.07) is 6.51. The Bertz CT molecular complexity index is 1030. The third-order valence-electron chi connectivity index (χ3n) is 6.80. The highest BCUT2D eigenvalue weighted by atomic mass is 32.2. The number of carbonyl (C=O) groups is 3. The number of fused-ring (bicyclic) bond motifs is 1. The van der Waals surface area contributed by atoms with E-state index in [0.29, 0.717) is 25.1 Å². The van der Waals surface area contributed by atoms with Crippen LogP contribution in [0.4, 0.5) is 10.5 Å². The van der Waals surface area contributed by atoms with Crippen molar-refractivity contribution in [2.45, 2.75) is 69.3 Å². The number of carbonyl (C=O) groups excluding carboxylic acids is 3. The normalized spacial score (nSPS) is 27.2. The Balaban J connectivity index is 1.51. The molecule has 2 saturated carbocycles. The summed E-state index contributed by atoms with van der Waals surface area (Å²) < 4.78 is 28.6. The molecule has 32 heavy (non-hydrogen) atoms. The van der Waals surface area contributed by atoms with Crippen molar-refractivity contribution in [2.75, 3.05) is 12.4 Å². The van der Waals surface area contributed by atoms with Crippen LogP contribution in [0.15, 0.2) is 24.3 Å². The molecule has 3 aliphatic rings. The molecule has 0 aromatic heterocycles. The van der Waals surface area contributed by atoms with Gasteiger partial charge < -0.3 is 10.2 Å². The molecule has 3 atom stereocenters. The molecule has 4 rings (SSSR count). The molecule has 1 aromatic rings. The van der Waals surface area contributed by atoms with Gasteiger partial charge in [0.1, 0.15) is 0 Å². The van der Waals surface area contributed by atoms with Crippen LogP contribution in [0.1, 0.15) is 51.5 Å². The number of anilines is 1. The average Bonchev–Trinajstić information content (AvgIpc) is 3.45. The van der Waals surface area contributed by atoms with E-state index in [2.05, 4.69) is 10.0 Å². The molecule has 0 radical (unpaired) electrons. The molecule has 1 aromatic carbocycles. The van der Waals surface area contributed by atoms with E-state index in [-0.39, 0.29) is 35.8 Å². The maximum absolute atomic E-state index is 12.9. The molecule has 9 nitrogen and oxygen atoms in total. The van der Waals surface area contributed by atoms with Crippen LogP contribution < -0.4 is 10.0 Å². The smallest absolute Gasteiger partial charge is 0.326 e. The number of urea groups is 1. The summed E-state index contributed by atoms with van der Waals surface area (Å²) in [5.74, 6) is -1.02. The molecule has 3 unspecified atom stereocenters. The lowest BCUT2D eigenvalue weighted by molar-refractivity contribution is -0.139. The second-order valence-electron chi connectivity index (χ2n) is 9.50. The third-order valence-corrected chi connectivity index (χ3v) is 8.88. The van der Waals surface area contributed by atoms with Crippen molar-refractivity contribution in [1.82, 2.24) is 14.5 Å². The minimum absolute atomic E-state index is 0.163. The number of rotatable bonds is 6. The van der Waals surface area contributed by atoms with Gasteiger partial charge in [-0.1, -0.05) is 12.1 Å². The van der Waals surface area contributed by atoms with E-state index in [4.69, 9.17) is 0 Å². The Kier molecular flexibility index (Phi) is 5.79. The molecule has 2 aliphatic carbocycles. The summed E-state index contributed by atoms with van der Waals surface area (Å²) in [5.41, 5.74) is 1.18. The van der Waals surface area contributed by atoms with Gasteiger partial charge in [-0.25, -0.2) is 17.9 Å². The highest BCUT2D eigenvalue weighted by Gasteiger charge is 2.51. The zero-order valence-corrected chi connectivity index (χ0v) is 19.4. The van der Waals surface area contributed by atoms with Gasteiger partial charge in [-0.05, 0) is 56.7 Å². The lowest BCUT2D eigenvalue weighted by Crippen LogP contribution is -2.62. The van der Waals surface area contributed by atoms with Crippen LogP contribution in [0.25, 0.3) is 0 Å². The van der Waals surface area contributed by atoms with Crippen molar-refractivity contribution in [2.24, 2.45) is 5.92 Å². The average molecular weight is 463 g/mol. The monoisotopic (exact) mass is 462 g/mol. The Morgan fingerprint density at radius 2 is 1.81 bits per heavy atom. The lowest BCUT2D eigenvalue weighted by atomic mass is 9.80. The first-order chi connectivity index (χ1) is 15.0. The minimum atomic E-state index is -3.53. The van der Waals surface area contributed by atoms with Gasteiger partial charge in [0.2, 0.25) is 21.8 Å². The molecule has 3 fully saturated rings. The Hall–Kier alpha value is -2.46. The molecule has 0 bridgehead atoms. The second kappa shape index (κ2) is 8.15. The Morgan fingerprint density at radius 3 is 2.41 bits per heavy atom. The van der Waals surface area contributed by atoms with Gasteiger partial charge in [-0.3, -0.25) is 14.5 Å². The van der Waals surface area contributed by atoms with Gasteiger partial charge in [-0.15, -0.1) is 0 Å². The highest BCUT2D eigenvalue weighted by molar-refractivity contribution is 7.90. The number of benzene rings is 1. The van der Waals surface area contributed by atoms with Crippen molar-refractivity contribution in [1.29, 1.82) is 0 Å². The van der Waals surface area contributed by atoms with E-state index < -0.39 is 21.2 Å². The summed E-state index contributed by atoms with van der Waals surface area (Å²) in [6.07, 6.45) is 2.74. The number of hydrogen-bond donors (Lipinski definition) is 2. The maximum atomic E-state index is 12.9. The van der Waals surface area contributed by atoms with E-state index in [9.17, 15) is 22.8 Å². The maximum Gasteiger partial charge on any atom is 0.327 e. The van der Waals surface area contributed by atoms with Crippen LogP contribution in [0.3, 0.4) is 0 Å². The van der Waals surface area contributed by atoms with Gasteiger partial charge in [0, 0.05) is 37.8 Å². The van der Waals surface area contributed by atoms with Gasteiger partial charge in [0.05, 0.1) is 11.2 Å². The fourth-order valence-electron chi connectivity index (χ4n) is 4.71. The van der Waals surface area contributed by atoms with Crippen LogP contribution in [0.2, 0.25) is 0 Å². The zero-order valence-electron chi connectivity index (χ0n) is 18.6. The number of nitrogens with one attached hydrogen (secondary N) is 2. The first-order valence-corrected chi connectivity index (χ1v) is 12.5. The number of nitrogens with zero attached hydrogens (tertiary/aromatic N) is 2. The molecular weight excluding hydrogens is 432 g/mol. The topological polar surface area (TPSA) is 116 Å². The number of sulfonamides is 1. The summed E-state index contributed by atoms with van der Waals surface area (Å²) in [5, 5.41) is 2.07. The number of hydrogen-bond acceptors (Lipinski definition) is 5. The van der Waals surface area contributed by atoms with Crippen LogP contribution in [-0.2, 0) is 26.2 Å². The summed E-state index contributed by atoms with van der Waals surface area (Å²) in [4.78, 5) is 39.8. The number of imide groups is 1. The molecule has 1 aliphatic heterocycles. The highest BCUT2D eigenvalue weighted by Crippen LogP contribution is 2.40. The van der Waals surface area contributed by atoms with Crippen LogP contribution >= 0.6 is 0 Å². The summed E-state index contributed by atoms with van der Waals surface area (Å²) >= 11 is 0. The van der Waals surface area contributed by atoms with E-state index in [1.807, 2.05) is 19.1 Å². The Morgan fingerprint density at radius 1 is 1.16 bits per heavy atom. The lowest BCUT2D eigenvalue weighted by Gasteiger charge is -2.47. The second-order valence-corrected chi connectivity index (χ2v) is 11.5. The standard InChI is InChI=1S/C22H30N4O5S/c1-14(27)23-16-6-4-15(5-7-16)13-26-19-9-8-17(32(30,31)24-22(2)10-11-22)12-18(19)20(28)25(3)21(26)29/h4-7,17-19,24H,8-13H2,1-3H3,(H,23,27). The van der Waals surface area contributed by atoms with E-state index in [1.165, 1.54) is 14.0 Å². The molecule has 174 valence electrons. The summed E-state index contributed by atoms with van der Waals surface area (Å²) in [7, 11) is -2.08. The van der Waals surface area contributed by atoms with E-state index >= 15 is 0 Å². The first kappa shape index (κ1) is 22.7. The molecular formula is C22H30N4O5S. The van der Waals surface area contributed by atoms with Crippen LogP contribution in [0.5, 0.6) is 0 Å². The SMILES string of the molecule is CC(=O)Nc1ccc(CN2C(=O)N(C)C(=O)C3CC(S(=O)(=O)NC4(C)CC4)CCC32)cc1. The predicted molar refractivity (Wildman–Crippen MR) is 119 cm³/mol. The van der Waals surface area contributed by atoms with E-state index in [1.54, 1.807) is 17.0 Å². The fourth-order valence-corrected chi connectivity index (χ4v) is 6.67. The van der Waals surface area contributed by atoms with Gasteiger partial charge >= 0.3 is 6.03 Å². The summed E-state index contributed by atoms with van der Waals surface area (Å²) in [6.45, 7) is 3.64. The number of amides is 4. The van der Waals surface area contributed by atoms with E-state index in [0.717, 1.165) is 23.3 Å². The van der Waals surface area contributed by atoms with Gasteiger partial charge in [0.15, 0.2) is 0 Å². The van der Waals surface area contributed by atoms with Crippen molar-refractivity contribution in [3.63, 3.8) is 0 Å². The van der Waals surface area contributed by atoms with Crippen LogP contribution in [0, 0.1) is 5.92 Å². The largest absolute Gasteiger partial charge is 0.327 e. The molecule has 2 N–H and O–H groups in total. The molecule has 1 heterocycles. The third kappa shape index (κ3) is 4.52. The molecule has 1 saturated heterocycles. The fraction of sp³-hybridized carbons (Fsp3) is 0.591. The van der Waals surface area contributed by atoms with Crippen molar-refractivity contribution in [3.05, 3.63) is 29.8 Å². The van der Waals surface area contributed by atoms with Crippen LogP contribution in [-0.4, -0.2) is 59.9 Å². The quantitative estimate of drug-likeness (QED) is 0.671. The Labute approximate surface area is 188 Å². The first-order valence-electron chi connectivity index (χ1n) is 11.0. The molecule has 10 heteroatoms. The predicted octanol–water partition coefficient (Wildman–Crippen LogP) is 2.05. The van der Waals surface area contributed by atoms with Crippen molar-refractivity contribution in [3.8, 4) is 0 Å². The minimum Gasteiger partial charge on any atom is -0.326 e. The molecule has 0 spiro atoms. The van der Waals surface area contributed by atoms with Crippen molar-refractivity contribution < 1.29 is 22.8 Å². The van der Waals surface area contributed by atoms with Gasteiger partial charge in [0.25, 0.3) is 0 Å². The van der Waals surface area contributed by atoms with Crippen molar-refractivity contribution >= 4 is 33.6 Å².